The van der Waals surface area contributed by atoms with Crippen molar-refractivity contribution in [2.45, 2.75) is 33.1 Å². The first-order valence-corrected chi connectivity index (χ1v) is 7.26. The topological polar surface area (TPSA) is 9.23 Å². The molecule has 1 nitrogen and oxygen atoms in total. The summed E-state index contributed by atoms with van der Waals surface area (Å²) in [6, 6.07) is 11.7. The molecule has 0 aliphatic rings. The zero-order valence-corrected chi connectivity index (χ0v) is 13.1. The van der Waals surface area contributed by atoms with E-state index in [2.05, 4.69) is 13.5 Å². The van der Waals surface area contributed by atoms with Gasteiger partial charge in [0.05, 0.1) is 0 Å². The molecule has 0 amide bonds. The molecule has 0 spiro atoms. The molecule has 0 unspecified atom stereocenters. The van der Waals surface area contributed by atoms with Crippen LogP contribution in [0.1, 0.15) is 30.5 Å². The number of hydrogen-bond donors (Lipinski definition) is 0. The minimum absolute atomic E-state index is 0.0788. The molecule has 116 valence electrons. The highest BCUT2D eigenvalue weighted by atomic mass is 19.3. The van der Waals surface area contributed by atoms with Crippen LogP contribution in [0.3, 0.4) is 0 Å². The van der Waals surface area contributed by atoms with Crippen molar-refractivity contribution in [1.82, 2.24) is 0 Å². The molecule has 0 fully saturated rings. The molecule has 0 saturated carbocycles. The molecule has 0 atom stereocenters. The predicted octanol–water partition coefficient (Wildman–Crippen LogP) is 6.02. The lowest BCUT2D eigenvalue weighted by molar-refractivity contribution is 0.0385. The van der Waals surface area contributed by atoms with E-state index in [1.54, 1.807) is 12.1 Å². The third kappa shape index (κ3) is 3.35. The second kappa shape index (κ2) is 6.30. The third-order valence-electron chi connectivity index (χ3n) is 3.68. The Labute approximate surface area is 130 Å². The predicted molar refractivity (Wildman–Crippen MR) is 85.8 cm³/mol. The molecule has 0 saturated heterocycles. The average molecular weight is 302 g/mol. The number of rotatable bonds is 5. The van der Waals surface area contributed by atoms with Crippen LogP contribution in [0, 0.1) is 6.92 Å². The highest BCUT2D eigenvalue weighted by Gasteiger charge is 2.32. The number of alkyl halides is 2. The van der Waals surface area contributed by atoms with E-state index in [1.165, 1.54) is 24.6 Å². The molecular weight excluding hydrogens is 282 g/mol. The first-order valence-electron chi connectivity index (χ1n) is 7.26. The molecule has 2 rings (SSSR count). The summed E-state index contributed by atoms with van der Waals surface area (Å²) in [7, 11) is 0. The summed E-state index contributed by atoms with van der Waals surface area (Å²) < 4.78 is 33.4. The molecule has 0 aromatic heterocycles. The zero-order chi connectivity index (χ0) is 16.3. The largest absolute Gasteiger partial charge is 0.457 e. The van der Waals surface area contributed by atoms with Gasteiger partial charge in [0.2, 0.25) is 0 Å². The van der Waals surface area contributed by atoms with Gasteiger partial charge in [-0.15, -0.1) is 0 Å². The van der Waals surface area contributed by atoms with Gasteiger partial charge in [0.1, 0.15) is 11.5 Å². The van der Waals surface area contributed by atoms with Crippen LogP contribution in [-0.4, -0.2) is 0 Å². The van der Waals surface area contributed by atoms with Crippen molar-refractivity contribution in [3.05, 3.63) is 71.3 Å². The number of hydrogen-bond acceptors (Lipinski definition) is 1. The van der Waals surface area contributed by atoms with E-state index >= 15 is 0 Å². The van der Waals surface area contributed by atoms with Crippen molar-refractivity contribution in [3.63, 3.8) is 0 Å². The van der Waals surface area contributed by atoms with Gasteiger partial charge in [0, 0.05) is 5.56 Å². The lowest BCUT2D eigenvalue weighted by atomic mass is 10.0. The lowest BCUT2D eigenvalue weighted by Crippen LogP contribution is -2.13. The Morgan fingerprint density at radius 3 is 2.18 bits per heavy atom. The fourth-order valence-electron chi connectivity index (χ4n) is 2.24. The fraction of sp³-hybridized carbons (Fsp3) is 0.263. The van der Waals surface area contributed by atoms with Crippen molar-refractivity contribution in [2.75, 3.05) is 0 Å². The van der Waals surface area contributed by atoms with Gasteiger partial charge in [0.15, 0.2) is 0 Å². The van der Waals surface area contributed by atoms with Crippen LogP contribution in [0.4, 0.5) is 8.78 Å². The van der Waals surface area contributed by atoms with Crippen LogP contribution >= 0.6 is 0 Å². The molecule has 0 heterocycles. The molecular formula is C19H20F2O. The fourth-order valence-corrected chi connectivity index (χ4v) is 2.24. The number of ether oxygens (including phenoxy) is 1. The Morgan fingerprint density at radius 1 is 1.09 bits per heavy atom. The van der Waals surface area contributed by atoms with Crippen molar-refractivity contribution in [1.29, 1.82) is 0 Å². The summed E-state index contributed by atoms with van der Waals surface area (Å²) >= 11 is 0. The quantitative estimate of drug-likeness (QED) is 0.614. The molecule has 0 radical (unpaired) electrons. The maximum atomic E-state index is 13.8. The van der Waals surface area contributed by atoms with E-state index in [9.17, 15) is 8.78 Å². The minimum atomic E-state index is -3.02. The van der Waals surface area contributed by atoms with Crippen molar-refractivity contribution in [3.8, 4) is 11.5 Å². The maximum Gasteiger partial charge on any atom is 0.294 e. The molecule has 0 N–H and O–H groups in total. The molecule has 0 bridgehead atoms. The first kappa shape index (κ1) is 16.2. The van der Waals surface area contributed by atoms with Gasteiger partial charge in [-0.2, -0.15) is 8.78 Å². The van der Waals surface area contributed by atoms with E-state index in [0.717, 1.165) is 12.0 Å². The normalized spacial score (nSPS) is 11.3. The van der Waals surface area contributed by atoms with E-state index in [0.29, 0.717) is 11.5 Å². The second-order valence-electron chi connectivity index (χ2n) is 5.42. The highest BCUT2D eigenvalue weighted by Crippen LogP contribution is 2.35. The van der Waals surface area contributed by atoms with Gasteiger partial charge in [-0.3, -0.25) is 0 Å². The molecule has 0 aliphatic carbocycles. The Hall–Kier alpha value is -2.16. The van der Waals surface area contributed by atoms with Crippen LogP contribution < -0.4 is 4.74 Å². The number of aryl methyl sites for hydroxylation is 2. The van der Waals surface area contributed by atoms with Crippen molar-refractivity contribution < 1.29 is 13.5 Å². The number of halogens is 2. The van der Waals surface area contributed by atoms with Gasteiger partial charge in [-0.25, -0.2) is 0 Å². The van der Waals surface area contributed by atoms with E-state index in [1.807, 2.05) is 25.1 Å². The minimum Gasteiger partial charge on any atom is -0.457 e. The summed E-state index contributed by atoms with van der Waals surface area (Å²) in [6.07, 6.45) is 0.969. The molecule has 2 aromatic rings. The summed E-state index contributed by atoms with van der Waals surface area (Å²) in [4.78, 5) is 0. The summed E-state index contributed by atoms with van der Waals surface area (Å²) in [5, 5.41) is 0. The van der Waals surface area contributed by atoms with Crippen LogP contribution in [0.25, 0.3) is 0 Å². The zero-order valence-electron chi connectivity index (χ0n) is 13.1. The summed E-state index contributed by atoms with van der Waals surface area (Å²) in [5.41, 5.74) is 2.17. The number of allylic oxidation sites excluding steroid dienone is 1. The summed E-state index contributed by atoms with van der Waals surface area (Å²) in [6.45, 7) is 8.79. The Balaban J connectivity index is 2.18. The monoisotopic (exact) mass is 302 g/mol. The second-order valence-corrected chi connectivity index (χ2v) is 5.42. The highest BCUT2D eigenvalue weighted by molar-refractivity contribution is 5.39. The Morgan fingerprint density at radius 2 is 1.68 bits per heavy atom. The van der Waals surface area contributed by atoms with E-state index < -0.39 is 5.92 Å². The third-order valence-corrected chi connectivity index (χ3v) is 3.68. The van der Waals surface area contributed by atoms with E-state index in [4.69, 9.17) is 4.74 Å². The lowest BCUT2D eigenvalue weighted by Gasteiger charge is -2.17. The molecule has 0 aliphatic heterocycles. The standard InChI is InChI=1S/C19H20F2O/c1-5-15-6-9-18(12-14(15)4)22-17-10-7-16(8-11-17)19(20,21)13(2)3/h6-12H,2,5H2,1,3-4H3. The summed E-state index contributed by atoms with van der Waals surface area (Å²) in [5.74, 6) is -1.78. The van der Waals surface area contributed by atoms with Gasteiger partial charge >= 0.3 is 0 Å². The van der Waals surface area contributed by atoms with Crippen LogP contribution in [0.2, 0.25) is 0 Å². The Kier molecular flexibility index (Phi) is 4.65. The molecule has 22 heavy (non-hydrogen) atoms. The molecule has 2 aromatic carbocycles. The Bertz CT molecular complexity index is 672. The van der Waals surface area contributed by atoms with Crippen molar-refractivity contribution in [2.24, 2.45) is 0 Å². The van der Waals surface area contributed by atoms with Gasteiger partial charge < -0.3 is 4.74 Å². The van der Waals surface area contributed by atoms with Gasteiger partial charge in [-0.05, 0) is 73.4 Å². The molecule has 3 heteroatoms. The van der Waals surface area contributed by atoms with E-state index in [-0.39, 0.29) is 11.1 Å². The average Bonchev–Trinajstić information content (AvgIpc) is 2.48. The van der Waals surface area contributed by atoms with Crippen LogP contribution in [0.15, 0.2) is 54.6 Å². The smallest absolute Gasteiger partial charge is 0.294 e. The first-order chi connectivity index (χ1) is 10.3. The van der Waals surface area contributed by atoms with Crippen LogP contribution in [0.5, 0.6) is 11.5 Å². The number of benzene rings is 2. The maximum absolute atomic E-state index is 13.8. The van der Waals surface area contributed by atoms with Gasteiger partial charge in [0.25, 0.3) is 5.92 Å². The SMILES string of the molecule is C=C(C)C(F)(F)c1ccc(Oc2ccc(CC)c(C)c2)cc1. The van der Waals surface area contributed by atoms with Crippen LogP contribution in [-0.2, 0) is 12.3 Å². The van der Waals surface area contributed by atoms with Gasteiger partial charge in [-0.1, -0.05) is 19.6 Å². The van der Waals surface area contributed by atoms with Crippen molar-refractivity contribution >= 4 is 0 Å².